The van der Waals surface area contributed by atoms with Crippen molar-refractivity contribution in [2.45, 2.75) is 13.0 Å². The maximum atomic E-state index is 14.2. The Morgan fingerprint density at radius 3 is 2.57 bits per heavy atom. The molecule has 0 aliphatic heterocycles. The van der Waals surface area contributed by atoms with Gasteiger partial charge in [0.05, 0.1) is 16.9 Å². The number of rotatable bonds is 5. The quantitative estimate of drug-likeness (QED) is 0.286. The molecular formula is C28H19F2N5OS. The third-order valence-corrected chi connectivity index (χ3v) is 6.98. The summed E-state index contributed by atoms with van der Waals surface area (Å²) in [5.41, 5.74) is 4.44. The molecule has 1 N–H and O–H groups in total. The molecule has 6 aromatic rings. The van der Waals surface area contributed by atoms with Gasteiger partial charge in [-0.25, -0.2) is 23.7 Å². The minimum atomic E-state index is -0.967. The van der Waals surface area contributed by atoms with Crippen molar-refractivity contribution in [1.29, 1.82) is 0 Å². The predicted octanol–water partition coefficient (Wildman–Crippen LogP) is 6.51. The van der Waals surface area contributed by atoms with Crippen LogP contribution in [0.3, 0.4) is 0 Å². The lowest BCUT2D eigenvalue weighted by Gasteiger charge is -2.22. The topological polar surface area (TPSA) is 72.7 Å². The number of hydrogen-bond donors (Lipinski definition) is 1. The monoisotopic (exact) mass is 511 g/mol. The third kappa shape index (κ3) is 4.03. The Bertz CT molecular complexity index is 1830. The zero-order valence-corrected chi connectivity index (χ0v) is 20.3. The number of hydrogen-bond acceptors (Lipinski definition) is 6. The molecule has 37 heavy (non-hydrogen) atoms. The fourth-order valence-corrected chi connectivity index (χ4v) is 5.15. The van der Waals surface area contributed by atoms with Crippen LogP contribution in [-0.2, 0) is 0 Å². The van der Waals surface area contributed by atoms with Crippen LogP contribution < -0.4 is 10.9 Å². The van der Waals surface area contributed by atoms with Crippen molar-refractivity contribution in [2.75, 3.05) is 5.32 Å². The number of anilines is 1. The first-order chi connectivity index (χ1) is 18.0. The maximum Gasteiger partial charge on any atom is 0.263 e. The zero-order chi connectivity index (χ0) is 25.5. The number of benzene rings is 3. The average Bonchev–Trinajstić information content (AvgIpc) is 3.40. The first-order valence-corrected chi connectivity index (χ1v) is 12.4. The van der Waals surface area contributed by atoms with Crippen molar-refractivity contribution in [3.63, 3.8) is 0 Å². The Morgan fingerprint density at radius 2 is 1.76 bits per heavy atom. The molecule has 182 valence electrons. The number of nitrogens with zero attached hydrogens (tertiary/aromatic N) is 4. The smallest absolute Gasteiger partial charge is 0.263 e. The van der Waals surface area contributed by atoms with Crippen molar-refractivity contribution >= 4 is 38.3 Å². The van der Waals surface area contributed by atoms with Gasteiger partial charge < -0.3 is 5.32 Å². The molecule has 1 atom stereocenters. The summed E-state index contributed by atoms with van der Waals surface area (Å²) in [7, 11) is 0. The molecule has 0 radical (unpaired) electrons. The Kier molecular flexibility index (Phi) is 5.69. The summed E-state index contributed by atoms with van der Waals surface area (Å²) < 4.78 is 29.4. The zero-order valence-electron chi connectivity index (χ0n) is 19.5. The molecule has 0 fully saturated rings. The van der Waals surface area contributed by atoms with Gasteiger partial charge in [-0.3, -0.25) is 9.36 Å². The van der Waals surface area contributed by atoms with E-state index in [9.17, 15) is 13.6 Å². The standard InChI is InChI=1S/C28H19F2N5OS/c1-16(34-26-25-27(32-14-31-26)37-15-33-25)23-13-18-6-5-9-20(17-10-11-21(29)22(30)12-17)24(18)28(36)35(23)19-7-3-2-4-8-19/h2-16H,1H3,(H,31,32,34). The summed E-state index contributed by atoms with van der Waals surface area (Å²) in [5, 5.41) is 4.49. The van der Waals surface area contributed by atoms with E-state index in [0.717, 1.165) is 17.0 Å². The lowest BCUT2D eigenvalue weighted by atomic mass is 9.97. The molecule has 0 saturated heterocycles. The van der Waals surface area contributed by atoms with Crippen LogP contribution in [0.5, 0.6) is 0 Å². The van der Waals surface area contributed by atoms with Crippen molar-refractivity contribution in [2.24, 2.45) is 0 Å². The van der Waals surface area contributed by atoms with Gasteiger partial charge in [0.25, 0.3) is 5.56 Å². The molecule has 1 unspecified atom stereocenters. The van der Waals surface area contributed by atoms with Crippen LogP contribution in [0.15, 0.2) is 89.4 Å². The van der Waals surface area contributed by atoms with E-state index in [4.69, 9.17) is 0 Å². The minimum Gasteiger partial charge on any atom is -0.360 e. The Labute approximate surface area is 213 Å². The van der Waals surface area contributed by atoms with Gasteiger partial charge >= 0.3 is 0 Å². The highest BCUT2D eigenvalue weighted by Gasteiger charge is 2.20. The number of thiazole rings is 1. The van der Waals surface area contributed by atoms with E-state index in [2.05, 4.69) is 20.3 Å². The van der Waals surface area contributed by atoms with Gasteiger partial charge in [-0.1, -0.05) is 42.5 Å². The van der Waals surface area contributed by atoms with E-state index in [0.29, 0.717) is 44.6 Å². The SMILES string of the molecule is CC(Nc1ncnc2scnc12)c1cc2cccc(-c3ccc(F)c(F)c3)c2c(=O)n1-c1ccccc1. The van der Waals surface area contributed by atoms with Gasteiger partial charge in [0, 0.05) is 11.4 Å². The minimum absolute atomic E-state index is 0.269. The van der Waals surface area contributed by atoms with Crippen LogP contribution in [0.4, 0.5) is 14.6 Å². The van der Waals surface area contributed by atoms with Gasteiger partial charge in [0.1, 0.15) is 16.7 Å². The molecule has 6 rings (SSSR count). The highest BCUT2D eigenvalue weighted by atomic mass is 32.1. The van der Waals surface area contributed by atoms with Gasteiger partial charge in [0.15, 0.2) is 17.5 Å². The van der Waals surface area contributed by atoms with Gasteiger partial charge in [-0.05, 0) is 53.8 Å². The number of fused-ring (bicyclic) bond motifs is 2. The summed E-state index contributed by atoms with van der Waals surface area (Å²) in [6, 6.07) is 19.9. The van der Waals surface area contributed by atoms with Crippen LogP contribution in [0, 0.1) is 11.6 Å². The van der Waals surface area contributed by atoms with E-state index in [1.54, 1.807) is 22.2 Å². The Balaban J connectivity index is 1.57. The van der Waals surface area contributed by atoms with E-state index >= 15 is 0 Å². The third-order valence-electron chi connectivity index (χ3n) is 6.25. The summed E-state index contributed by atoms with van der Waals surface area (Å²) in [6.07, 6.45) is 1.48. The fourth-order valence-electron chi connectivity index (χ4n) is 4.53. The van der Waals surface area contributed by atoms with Crippen LogP contribution in [0.25, 0.3) is 37.9 Å². The van der Waals surface area contributed by atoms with E-state index in [1.165, 1.54) is 23.7 Å². The largest absolute Gasteiger partial charge is 0.360 e. The molecule has 6 nitrogen and oxygen atoms in total. The molecular weight excluding hydrogens is 492 g/mol. The molecule has 9 heteroatoms. The van der Waals surface area contributed by atoms with Crippen LogP contribution in [-0.4, -0.2) is 19.5 Å². The first kappa shape index (κ1) is 22.9. The highest BCUT2D eigenvalue weighted by Crippen LogP contribution is 2.31. The Hall–Kier alpha value is -4.50. The number of para-hydroxylation sites is 1. The summed E-state index contributed by atoms with van der Waals surface area (Å²) in [5.74, 6) is -1.33. The second-order valence-electron chi connectivity index (χ2n) is 8.54. The Morgan fingerprint density at radius 1 is 0.919 bits per heavy atom. The molecule has 0 spiro atoms. The lowest BCUT2D eigenvalue weighted by molar-refractivity contribution is 0.509. The van der Waals surface area contributed by atoms with Crippen molar-refractivity contribution in [3.05, 3.63) is 112 Å². The number of nitrogens with one attached hydrogen (secondary N) is 1. The normalized spacial score (nSPS) is 12.2. The molecule has 3 heterocycles. The number of aromatic nitrogens is 4. The lowest BCUT2D eigenvalue weighted by Crippen LogP contribution is -2.26. The molecule has 0 aliphatic carbocycles. The number of halogens is 2. The molecule has 3 aromatic carbocycles. The van der Waals surface area contributed by atoms with E-state index in [-0.39, 0.29) is 11.6 Å². The first-order valence-electron chi connectivity index (χ1n) is 11.5. The number of pyridine rings is 1. The maximum absolute atomic E-state index is 14.2. The van der Waals surface area contributed by atoms with Crippen molar-refractivity contribution in [3.8, 4) is 16.8 Å². The average molecular weight is 512 g/mol. The second kappa shape index (κ2) is 9.18. The van der Waals surface area contributed by atoms with Crippen molar-refractivity contribution < 1.29 is 8.78 Å². The van der Waals surface area contributed by atoms with Crippen molar-refractivity contribution in [1.82, 2.24) is 19.5 Å². The van der Waals surface area contributed by atoms with E-state index < -0.39 is 11.6 Å². The highest BCUT2D eigenvalue weighted by molar-refractivity contribution is 7.16. The molecule has 3 aromatic heterocycles. The van der Waals surface area contributed by atoms with Gasteiger partial charge in [0.2, 0.25) is 0 Å². The van der Waals surface area contributed by atoms with Crippen LogP contribution >= 0.6 is 11.3 Å². The predicted molar refractivity (Wildman–Crippen MR) is 142 cm³/mol. The fraction of sp³-hybridized carbons (Fsp3) is 0.0714. The summed E-state index contributed by atoms with van der Waals surface area (Å²) in [4.78, 5) is 27.9. The molecule has 0 aliphatic rings. The van der Waals surface area contributed by atoms with Crippen LogP contribution in [0.2, 0.25) is 0 Å². The van der Waals surface area contributed by atoms with Crippen LogP contribution in [0.1, 0.15) is 18.7 Å². The second-order valence-corrected chi connectivity index (χ2v) is 9.37. The molecule has 0 bridgehead atoms. The van der Waals surface area contributed by atoms with Gasteiger partial charge in [-0.15, -0.1) is 11.3 Å². The molecule has 0 amide bonds. The summed E-state index contributed by atoms with van der Waals surface area (Å²) in [6.45, 7) is 1.94. The summed E-state index contributed by atoms with van der Waals surface area (Å²) >= 11 is 1.42. The van der Waals surface area contributed by atoms with Gasteiger partial charge in [-0.2, -0.15) is 0 Å². The molecule has 0 saturated carbocycles. The van der Waals surface area contributed by atoms with E-state index in [1.807, 2.05) is 49.4 Å².